The first-order chi connectivity index (χ1) is 11.4. The molecule has 8 heteroatoms. The van der Waals surface area contributed by atoms with Crippen LogP contribution in [0, 0.1) is 6.92 Å². The number of aryl methyl sites for hydroxylation is 1. The standard InChI is InChI=1S/C16H21N3O4S/c1-9(2)22-13-5-12(6-14(18-13)23-11(4)7-20)15(21)19-16-17-10(3)8-24-16/h5-6,8-9,11,20H,7H2,1-4H3,(H,17,19,21)/t11-/m0/s1. The van der Waals surface area contributed by atoms with E-state index in [0.29, 0.717) is 10.7 Å². The molecule has 0 saturated carbocycles. The van der Waals surface area contributed by atoms with Gasteiger partial charge in [-0.2, -0.15) is 4.98 Å². The summed E-state index contributed by atoms with van der Waals surface area (Å²) >= 11 is 1.35. The first kappa shape index (κ1) is 18.2. The second kappa shape index (κ2) is 8.07. The van der Waals surface area contributed by atoms with Gasteiger partial charge in [0.2, 0.25) is 11.8 Å². The summed E-state index contributed by atoms with van der Waals surface area (Å²) < 4.78 is 11.1. The summed E-state index contributed by atoms with van der Waals surface area (Å²) in [5, 5.41) is 14.2. The predicted octanol–water partition coefficient (Wildman–Crippen LogP) is 2.65. The molecule has 2 aromatic heterocycles. The summed E-state index contributed by atoms with van der Waals surface area (Å²) in [6.45, 7) is 7.13. The van der Waals surface area contributed by atoms with Crippen LogP contribution in [0.2, 0.25) is 0 Å². The Morgan fingerprint density at radius 2 is 1.92 bits per heavy atom. The fraction of sp³-hybridized carbons (Fsp3) is 0.438. The average Bonchev–Trinajstić information content (AvgIpc) is 2.91. The Morgan fingerprint density at radius 3 is 2.46 bits per heavy atom. The number of aliphatic hydroxyl groups is 1. The van der Waals surface area contributed by atoms with Crippen molar-refractivity contribution in [1.29, 1.82) is 0 Å². The summed E-state index contributed by atoms with van der Waals surface area (Å²) in [6.07, 6.45) is -0.537. The monoisotopic (exact) mass is 351 g/mol. The van der Waals surface area contributed by atoms with Gasteiger partial charge in [-0.3, -0.25) is 10.1 Å². The molecule has 0 aliphatic rings. The third kappa shape index (κ3) is 5.17. The number of aromatic nitrogens is 2. The van der Waals surface area contributed by atoms with E-state index in [4.69, 9.17) is 14.6 Å². The molecule has 130 valence electrons. The Hall–Kier alpha value is -2.19. The molecule has 0 spiro atoms. The van der Waals surface area contributed by atoms with E-state index in [1.165, 1.54) is 17.4 Å². The fourth-order valence-electron chi connectivity index (χ4n) is 1.80. The number of nitrogens with one attached hydrogen (secondary N) is 1. The van der Waals surface area contributed by atoms with Gasteiger partial charge >= 0.3 is 0 Å². The lowest BCUT2D eigenvalue weighted by Crippen LogP contribution is -2.19. The highest BCUT2D eigenvalue weighted by Gasteiger charge is 2.15. The molecule has 2 heterocycles. The number of carbonyl (C=O) groups is 1. The van der Waals surface area contributed by atoms with Crippen LogP contribution in [0.4, 0.5) is 5.13 Å². The maximum atomic E-state index is 12.4. The van der Waals surface area contributed by atoms with Crippen molar-refractivity contribution < 1.29 is 19.4 Å². The average molecular weight is 351 g/mol. The number of amides is 1. The first-order valence-corrected chi connectivity index (χ1v) is 8.45. The molecule has 0 fully saturated rings. The van der Waals surface area contributed by atoms with Crippen LogP contribution in [0.3, 0.4) is 0 Å². The van der Waals surface area contributed by atoms with E-state index in [1.807, 2.05) is 26.2 Å². The fourth-order valence-corrected chi connectivity index (χ4v) is 2.48. The molecule has 0 unspecified atom stereocenters. The van der Waals surface area contributed by atoms with E-state index < -0.39 is 6.10 Å². The van der Waals surface area contributed by atoms with Crippen LogP contribution < -0.4 is 14.8 Å². The van der Waals surface area contributed by atoms with Gasteiger partial charge in [0.1, 0.15) is 6.10 Å². The van der Waals surface area contributed by atoms with Crippen molar-refractivity contribution in [3.05, 3.63) is 28.8 Å². The zero-order chi connectivity index (χ0) is 17.7. The number of anilines is 1. The van der Waals surface area contributed by atoms with Crippen molar-refractivity contribution in [3.63, 3.8) is 0 Å². The van der Waals surface area contributed by atoms with E-state index in [1.54, 1.807) is 13.0 Å². The largest absolute Gasteiger partial charge is 0.475 e. The number of thiazole rings is 1. The number of rotatable bonds is 7. The quantitative estimate of drug-likeness (QED) is 0.796. The van der Waals surface area contributed by atoms with Gasteiger partial charge in [0.05, 0.1) is 24.0 Å². The molecule has 0 aliphatic carbocycles. The van der Waals surface area contributed by atoms with Crippen molar-refractivity contribution >= 4 is 22.4 Å². The smallest absolute Gasteiger partial charge is 0.257 e. The normalized spacial score (nSPS) is 12.1. The van der Waals surface area contributed by atoms with Crippen LogP contribution in [0.15, 0.2) is 17.5 Å². The van der Waals surface area contributed by atoms with Crippen molar-refractivity contribution in [3.8, 4) is 11.8 Å². The number of hydrogen-bond acceptors (Lipinski definition) is 7. The maximum Gasteiger partial charge on any atom is 0.257 e. The zero-order valence-corrected chi connectivity index (χ0v) is 14.9. The SMILES string of the molecule is Cc1csc(NC(=O)c2cc(OC(C)C)nc(O[C@@H](C)CO)c2)n1. The second-order valence-corrected chi connectivity index (χ2v) is 6.42. The van der Waals surface area contributed by atoms with Crippen molar-refractivity contribution in [2.24, 2.45) is 0 Å². The minimum atomic E-state index is -0.440. The van der Waals surface area contributed by atoms with Crippen LogP contribution in [0.25, 0.3) is 0 Å². The summed E-state index contributed by atoms with van der Waals surface area (Å²) in [4.78, 5) is 20.8. The highest BCUT2D eigenvalue weighted by molar-refractivity contribution is 7.13. The number of carbonyl (C=O) groups excluding carboxylic acids is 1. The molecule has 2 N–H and O–H groups in total. The Balaban J connectivity index is 2.25. The van der Waals surface area contributed by atoms with Crippen LogP contribution in [-0.2, 0) is 0 Å². The zero-order valence-electron chi connectivity index (χ0n) is 14.1. The molecule has 2 aromatic rings. The number of nitrogens with zero attached hydrogens (tertiary/aromatic N) is 2. The Kier molecular flexibility index (Phi) is 6.10. The lowest BCUT2D eigenvalue weighted by atomic mass is 10.2. The van der Waals surface area contributed by atoms with Crippen molar-refractivity contribution in [1.82, 2.24) is 9.97 Å². The van der Waals surface area contributed by atoms with Crippen LogP contribution in [0.1, 0.15) is 36.8 Å². The molecule has 7 nitrogen and oxygen atoms in total. The van der Waals surface area contributed by atoms with E-state index in [2.05, 4.69) is 15.3 Å². The van der Waals surface area contributed by atoms with Crippen LogP contribution in [0.5, 0.6) is 11.8 Å². The second-order valence-electron chi connectivity index (χ2n) is 5.56. The molecule has 2 rings (SSSR count). The van der Waals surface area contributed by atoms with Gasteiger partial charge in [0.25, 0.3) is 5.91 Å². The molecule has 24 heavy (non-hydrogen) atoms. The molecule has 0 aromatic carbocycles. The number of ether oxygens (including phenoxy) is 2. The van der Waals surface area contributed by atoms with Gasteiger partial charge in [-0.15, -0.1) is 11.3 Å². The molecular weight excluding hydrogens is 330 g/mol. The first-order valence-electron chi connectivity index (χ1n) is 7.57. The molecule has 0 saturated heterocycles. The Morgan fingerprint density at radius 1 is 1.25 bits per heavy atom. The Labute approximate surface area is 144 Å². The van der Waals surface area contributed by atoms with Crippen molar-refractivity contribution in [2.45, 2.75) is 39.9 Å². The number of aliphatic hydroxyl groups excluding tert-OH is 1. The molecular formula is C16H21N3O4S. The van der Waals surface area contributed by atoms with Crippen molar-refractivity contribution in [2.75, 3.05) is 11.9 Å². The minimum absolute atomic E-state index is 0.0967. The molecule has 0 radical (unpaired) electrons. The van der Waals surface area contributed by atoms with E-state index in [0.717, 1.165) is 5.69 Å². The third-order valence-electron chi connectivity index (χ3n) is 2.82. The summed E-state index contributed by atoms with van der Waals surface area (Å²) in [6, 6.07) is 3.06. The topological polar surface area (TPSA) is 93.6 Å². The molecule has 0 bridgehead atoms. The minimum Gasteiger partial charge on any atom is -0.475 e. The van der Waals surface area contributed by atoms with Gasteiger partial charge in [-0.05, 0) is 27.7 Å². The van der Waals surface area contributed by atoms with Gasteiger partial charge in [0, 0.05) is 17.5 Å². The molecule has 1 amide bonds. The van der Waals surface area contributed by atoms with E-state index >= 15 is 0 Å². The molecule has 0 aliphatic heterocycles. The number of pyridine rings is 1. The summed E-state index contributed by atoms with van der Waals surface area (Å²) in [7, 11) is 0. The van der Waals surface area contributed by atoms with Gasteiger partial charge in [-0.25, -0.2) is 4.98 Å². The highest BCUT2D eigenvalue weighted by atomic mass is 32.1. The van der Waals surface area contributed by atoms with Gasteiger partial charge < -0.3 is 14.6 Å². The van der Waals surface area contributed by atoms with Crippen LogP contribution in [-0.4, -0.2) is 39.8 Å². The summed E-state index contributed by atoms with van der Waals surface area (Å²) in [5.41, 5.74) is 1.18. The van der Waals surface area contributed by atoms with E-state index in [-0.39, 0.29) is 30.4 Å². The highest BCUT2D eigenvalue weighted by Crippen LogP contribution is 2.22. The lowest BCUT2D eigenvalue weighted by molar-refractivity contribution is 0.102. The summed E-state index contributed by atoms with van der Waals surface area (Å²) in [5.74, 6) is 0.171. The maximum absolute atomic E-state index is 12.4. The van der Waals surface area contributed by atoms with Gasteiger partial charge in [0.15, 0.2) is 5.13 Å². The predicted molar refractivity (Wildman–Crippen MR) is 92.0 cm³/mol. The lowest BCUT2D eigenvalue weighted by Gasteiger charge is -2.15. The number of hydrogen-bond donors (Lipinski definition) is 2. The van der Waals surface area contributed by atoms with E-state index in [9.17, 15) is 4.79 Å². The molecule has 1 atom stereocenters. The third-order valence-corrected chi connectivity index (χ3v) is 3.69. The van der Waals surface area contributed by atoms with Crippen LogP contribution >= 0.6 is 11.3 Å². The van der Waals surface area contributed by atoms with Gasteiger partial charge in [-0.1, -0.05) is 0 Å². The Bertz CT molecular complexity index is 702.